The molecule has 1 saturated carbocycles. The number of fused-ring (bicyclic) bond motifs is 1. The van der Waals surface area contributed by atoms with E-state index in [4.69, 9.17) is 14.2 Å². The third-order valence-electron chi connectivity index (χ3n) is 6.56. The van der Waals surface area contributed by atoms with Gasteiger partial charge in [0.15, 0.2) is 5.52 Å². The molecule has 3 aromatic heterocycles. The largest absolute Gasteiger partial charge is 0.386 e. The van der Waals surface area contributed by atoms with Gasteiger partial charge in [-0.25, -0.2) is 9.97 Å². The zero-order chi connectivity index (χ0) is 23.7. The molecule has 2 fully saturated rings. The van der Waals surface area contributed by atoms with Crippen LogP contribution in [0, 0.1) is 0 Å². The number of hydrogen-bond donors (Lipinski definition) is 3. The van der Waals surface area contributed by atoms with Gasteiger partial charge in [0.1, 0.15) is 23.0 Å². The molecule has 5 rings (SSSR count). The van der Waals surface area contributed by atoms with Crippen molar-refractivity contribution in [3.8, 4) is 0 Å². The molecule has 0 spiro atoms. The molecule has 0 radical (unpaired) electrons. The van der Waals surface area contributed by atoms with Crippen LogP contribution in [0.1, 0.15) is 23.4 Å². The van der Waals surface area contributed by atoms with Gasteiger partial charge >= 0.3 is 0 Å². The number of piperazine rings is 1. The molecule has 2 atom stereocenters. The fraction of sp³-hybridized carbons (Fsp3) is 0.478. The van der Waals surface area contributed by atoms with Crippen LogP contribution >= 0.6 is 0 Å². The van der Waals surface area contributed by atoms with Gasteiger partial charge < -0.3 is 35.0 Å². The molecule has 4 heterocycles. The Balaban J connectivity index is 1.39. The summed E-state index contributed by atoms with van der Waals surface area (Å²) in [5.41, 5.74) is 1.58. The van der Waals surface area contributed by atoms with Gasteiger partial charge in [-0.05, 0) is 32.0 Å². The molecule has 1 aliphatic carbocycles. The number of amides is 1. The van der Waals surface area contributed by atoms with Crippen LogP contribution in [0.15, 0.2) is 28.8 Å². The zero-order valence-electron chi connectivity index (χ0n) is 19.7. The Bertz CT molecular complexity index is 1170. The van der Waals surface area contributed by atoms with E-state index in [1.807, 2.05) is 24.3 Å². The number of carbonyl (C=O) groups excluding carboxylic acids is 1. The molecule has 1 amide bonds. The second-order valence-electron chi connectivity index (χ2n) is 8.74. The maximum absolute atomic E-state index is 12.9. The van der Waals surface area contributed by atoms with Crippen LogP contribution in [0.5, 0.6) is 0 Å². The van der Waals surface area contributed by atoms with Crippen LogP contribution in [-0.4, -0.2) is 85.5 Å². The van der Waals surface area contributed by atoms with E-state index in [-0.39, 0.29) is 23.8 Å². The van der Waals surface area contributed by atoms with Crippen LogP contribution in [0.2, 0.25) is 0 Å². The molecule has 3 N–H and O–H groups in total. The number of nitrogens with one attached hydrogen (secondary N) is 3. The van der Waals surface area contributed by atoms with E-state index in [9.17, 15) is 4.79 Å². The molecule has 0 unspecified atom stereocenters. The summed E-state index contributed by atoms with van der Waals surface area (Å²) in [6, 6.07) is 7.67. The Morgan fingerprint density at radius 2 is 1.94 bits per heavy atom. The highest BCUT2D eigenvalue weighted by atomic mass is 16.5. The predicted octanol–water partition coefficient (Wildman–Crippen LogP) is 2.06. The molecule has 180 valence electrons. The van der Waals surface area contributed by atoms with Crippen molar-refractivity contribution in [1.82, 2.24) is 25.3 Å². The number of carbonyl (C=O) groups is 1. The number of nitrogens with zero attached hydrogens (tertiary/aromatic N) is 5. The summed E-state index contributed by atoms with van der Waals surface area (Å²) in [6.07, 6.45) is 1.82. The van der Waals surface area contributed by atoms with E-state index in [2.05, 4.69) is 42.9 Å². The second-order valence-corrected chi connectivity index (χ2v) is 8.74. The molecule has 2 aliphatic rings. The van der Waals surface area contributed by atoms with E-state index in [1.165, 1.54) is 0 Å². The Labute approximate surface area is 197 Å². The van der Waals surface area contributed by atoms with Crippen molar-refractivity contribution in [2.24, 2.45) is 0 Å². The smallest absolute Gasteiger partial charge is 0.292 e. The van der Waals surface area contributed by atoms with Crippen LogP contribution in [0.3, 0.4) is 0 Å². The number of methoxy groups -OCH3 is 1. The van der Waals surface area contributed by atoms with Gasteiger partial charge in [-0.1, -0.05) is 11.2 Å². The Kier molecular flexibility index (Phi) is 6.20. The molecule has 1 aliphatic heterocycles. The van der Waals surface area contributed by atoms with Crippen molar-refractivity contribution in [2.45, 2.75) is 25.0 Å². The highest BCUT2D eigenvalue weighted by Crippen LogP contribution is 2.29. The number of anilines is 4. The Morgan fingerprint density at radius 1 is 1.12 bits per heavy atom. The third kappa shape index (κ3) is 4.36. The minimum Gasteiger partial charge on any atom is -0.386 e. The number of pyridine rings is 2. The molecule has 3 aromatic rings. The monoisotopic (exact) mass is 466 g/mol. The highest BCUT2D eigenvalue weighted by Gasteiger charge is 2.34. The van der Waals surface area contributed by atoms with Gasteiger partial charge in [-0.3, -0.25) is 4.79 Å². The molecular formula is C23H30N8O3. The first kappa shape index (κ1) is 22.4. The highest BCUT2D eigenvalue weighted by molar-refractivity contribution is 6.05. The van der Waals surface area contributed by atoms with Gasteiger partial charge in [0.25, 0.3) is 5.91 Å². The van der Waals surface area contributed by atoms with E-state index >= 15 is 0 Å². The standard InChI is InChI=1S/C23H30N8O3/c1-24-15-13-18(26-17-5-4-6-19(27-17)31-11-9-30(2)10-12-31)28-21-20(15)29-34-22(21)23(32)25-14-7-8-16(14)33-3/h4-6,13-14,16,24H,7-12H2,1-3H3,(H,25,32)(H,26,27,28)/t14-,16-/m1/s1. The van der Waals surface area contributed by atoms with Gasteiger partial charge in [0.05, 0.1) is 17.8 Å². The molecule has 11 heteroatoms. The normalized spacial score (nSPS) is 20.7. The van der Waals surface area contributed by atoms with Gasteiger partial charge in [-0.2, -0.15) is 0 Å². The summed E-state index contributed by atoms with van der Waals surface area (Å²) in [6.45, 7) is 3.89. The van der Waals surface area contributed by atoms with Gasteiger partial charge in [-0.15, -0.1) is 0 Å². The van der Waals surface area contributed by atoms with Gasteiger partial charge in [0, 0.05) is 46.4 Å². The first-order valence-electron chi connectivity index (χ1n) is 11.5. The summed E-state index contributed by atoms with van der Waals surface area (Å²) in [5, 5.41) is 13.4. The summed E-state index contributed by atoms with van der Waals surface area (Å²) >= 11 is 0. The average molecular weight is 467 g/mol. The lowest BCUT2D eigenvalue weighted by Gasteiger charge is -2.35. The Hall–Kier alpha value is -3.44. The first-order chi connectivity index (χ1) is 16.6. The van der Waals surface area contributed by atoms with Crippen LogP contribution in [-0.2, 0) is 4.74 Å². The lowest BCUT2D eigenvalue weighted by molar-refractivity contribution is 0.00678. The Morgan fingerprint density at radius 3 is 2.65 bits per heavy atom. The van der Waals surface area contributed by atoms with Gasteiger partial charge in [0.2, 0.25) is 5.76 Å². The lowest BCUT2D eigenvalue weighted by atomic mass is 9.89. The number of likely N-dealkylation sites (N-methyl/N-ethyl adjacent to an activating group) is 1. The average Bonchev–Trinajstić information content (AvgIpc) is 3.26. The molecule has 34 heavy (non-hydrogen) atoms. The molecule has 11 nitrogen and oxygen atoms in total. The van der Waals surface area contributed by atoms with Crippen LogP contribution in [0.4, 0.5) is 23.1 Å². The summed E-state index contributed by atoms with van der Waals surface area (Å²) in [5.74, 6) is 1.86. The maximum atomic E-state index is 12.9. The van der Waals surface area contributed by atoms with Crippen molar-refractivity contribution >= 4 is 40.1 Å². The number of ether oxygens (including phenoxy) is 1. The molecular weight excluding hydrogens is 436 g/mol. The second kappa shape index (κ2) is 9.43. The van der Waals surface area contributed by atoms with E-state index in [1.54, 1.807) is 14.2 Å². The van der Waals surface area contributed by atoms with Crippen LogP contribution < -0.4 is 20.9 Å². The van der Waals surface area contributed by atoms with Crippen molar-refractivity contribution in [1.29, 1.82) is 0 Å². The van der Waals surface area contributed by atoms with Crippen molar-refractivity contribution in [3.05, 3.63) is 30.0 Å². The SMILES string of the molecule is CNc1cc(Nc2cccc(N3CCN(C)CC3)n2)nc2c(C(=O)N[C@@H]3CC[C@H]3OC)onc12. The maximum Gasteiger partial charge on any atom is 0.292 e. The topological polar surface area (TPSA) is 121 Å². The fourth-order valence-electron chi connectivity index (χ4n) is 4.31. The molecule has 1 saturated heterocycles. The molecule has 0 aromatic carbocycles. The summed E-state index contributed by atoms with van der Waals surface area (Å²) in [4.78, 5) is 26.9. The summed E-state index contributed by atoms with van der Waals surface area (Å²) < 4.78 is 10.8. The predicted molar refractivity (Wildman–Crippen MR) is 130 cm³/mol. The van der Waals surface area contributed by atoms with E-state index in [0.717, 1.165) is 44.8 Å². The van der Waals surface area contributed by atoms with Crippen molar-refractivity contribution in [2.75, 3.05) is 62.9 Å². The van der Waals surface area contributed by atoms with E-state index in [0.29, 0.717) is 28.4 Å². The van der Waals surface area contributed by atoms with Crippen molar-refractivity contribution < 1.29 is 14.1 Å². The first-order valence-corrected chi connectivity index (χ1v) is 11.5. The number of aromatic nitrogens is 3. The minimum atomic E-state index is -0.351. The lowest BCUT2D eigenvalue weighted by Crippen LogP contribution is -2.51. The number of rotatable bonds is 7. The van der Waals surface area contributed by atoms with E-state index < -0.39 is 0 Å². The number of hydrogen-bond acceptors (Lipinski definition) is 10. The van der Waals surface area contributed by atoms with Crippen molar-refractivity contribution in [3.63, 3.8) is 0 Å². The molecule has 0 bridgehead atoms. The fourth-order valence-corrected chi connectivity index (χ4v) is 4.31. The summed E-state index contributed by atoms with van der Waals surface area (Å²) in [7, 11) is 5.57. The zero-order valence-corrected chi connectivity index (χ0v) is 19.7. The minimum absolute atomic E-state index is 0.0230. The third-order valence-corrected chi connectivity index (χ3v) is 6.56. The quantitative estimate of drug-likeness (QED) is 0.477. The van der Waals surface area contributed by atoms with Crippen LogP contribution in [0.25, 0.3) is 11.0 Å².